The van der Waals surface area contributed by atoms with Gasteiger partial charge in [0.15, 0.2) is 0 Å². The molecule has 124 valence electrons. The maximum absolute atomic E-state index is 12.4. The maximum Gasteiger partial charge on any atom is 0.260 e. The van der Waals surface area contributed by atoms with Crippen LogP contribution in [0.25, 0.3) is 32.5 Å². The minimum absolute atomic E-state index is 0.0126. The molecule has 0 saturated heterocycles. The third-order valence-electron chi connectivity index (χ3n) is 4.20. The molecule has 0 saturated carbocycles. The number of rotatable bonds is 3. The summed E-state index contributed by atoms with van der Waals surface area (Å²) in [5.41, 5.74) is 3.25. The Bertz CT molecular complexity index is 1110. The number of pyridine rings is 1. The number of hydrogen-bond donors (Lipinski definition) is 3. The summed E-state index contributed by atoms with van der Waals surface area (Å²) in [5, 5.41) is 22.5. The number of benzene rings is 2. The lowest BCUT2D eigenvalue weighted by molar-refractivity contribution is 0.282. The number of thiophene rings is 1. The Labute approximate surface area is 147 Å². The molecule has 2 aromatic heterocycles. The summed E-state index contributed by atoms with van der Waals surface area (Å²) < 4.78 is 0. The van der Waals surface area contributed by atoms with Crippen LogP contribution in [0.4, 0.5) is 0 Å². The van der Waals surface area contributed by atoms with Crippen LogP contribution < -0.4 is 5.56 Å². The minimum Gasteiger partial charge on any atom is -0.506 e. The molecule has 0 radical (unpaired) electrons. The molecule has 25 heavy (non-hydrogen) atoms. The minimum atomic E-state index is -0.303. The third kappa shape index (κ3) is 2.73. The summed E-state index contributed by atoms with van der Waals surface area (Å²) in [4.78, 5) is 15.9. The fraction of sp³-hybridized carbons (Fsp3) is 0.0500. The van der Waals surface area contributed by atoms with Crippen molar-refractivity contribution in [3.8, 4) is 27.3 Å². The molecular formula is C20H15NO3S. The monoisotopic (exact) mass is 349 g/mol. The Morgan fingerprint density at radius 3 is 2.60 bits per heavy atom. The first kappa shape index (κ1) is 15.6. The quantitative estimate of drug-likeness (QED) is 0.521. The van der Waals surface area contributed by atoms with Crippen LogP contribution in [0, 0.1) is 0 Å². The average molecular weight is 349 g/mol. The van der Waals surface area contributed by atoms with Crippen molar-refractivity contribution in [2.24, 2.45) is 0 Å². The molecule has 5 heteroatoms. The SMILES string of the molecule is O=c1[nH]c2ccc(-c3cccc(CO)c3)cc2c(O)c1-c1cccs1. The maximum atomic E-state index is 12.4. The van der Waals surface area contributed by atoms with Gasteiger partial charge in [0.05, 0.1) is 17.7 Å². The van der Waals surface area contributed by atoms with Gasteiger partial charge in [0.2, 0.25) is 0 Å². The number of aromatic nitrogens is 1. The lowest BCUT2D eigenvalue weighted by Gasteiger charge is -2.09. The summed E-state index contributed by atoms with van der Waals surface area (Å²) in [7, 11) is 0. The highest BCUT2D eigenvalue weighted by atomic mass is 32.1. The zero-order chi connectivity index (χ0) is 17.4. The lowest BCUT2D eigenvalue weighted by atomic mass is 10.00. The van der Waals surface area contributed by atoms with E-state index in [1.54, 1.807) is 6.07 Å². The van der Waals surface area contributed by atoms with Crippen molar-refractivity contribution in [2.45, 2.75) is 6.61 Å². The van der Waals surface area contributed by atoms with E-state index in [9.17, 15) is 15.0 Å². The normalized spacial score (nSPS) is 11.1. The summed E-state index contributed by atoms with van der Waals surface area (Å²) >= 11 is 1.41. The highest BCUT2D eigenvalue weighted by molar-refractivity contribution is 7.13. The number of aromatic amines is 1. The Morgan fingerprint density at radius 2 is 1.84 bits per heavy atom. The summed E-state index contributed by atoms with van der Waals surface area (Å²) in [6.07, 6.45) is 0. The Kier molecular flexibility index (Phi) is 3.87. The Hall–Kier alpha value is -2.89. The fourth-order valence-corrected chi connectivity index (χ4v) is 3.72. The van der Waals surface area contributed by atoms with Gasteiger partial charge in [0, 0.05) is 10.3 Å². The average Bonchev–Trinajstić information content (AvgIpc) is 3.16. The second-order valence-corrected chi connectivity index (χ2v) is 6.72. The number of nitrogens with one attached hydrogen (secondary N) is 1. The molecule has 4 rings (SSSR count). The molecule has 3 N–H and O–H groups in total. The van der Waals surface area contributed by atoms with Crippen LogP contribution in [-0.2, 0) is 6.61 Å². The van der Waals surface area contributed by atoms with E-state index in [4.69, 9.17) is 0 Å². The van der Waals surface area contributed by atoms with Crippen molar-refractivity contribution in [3.05, 3.63) is 75.9 Å². The molecule has 0 spiro atoms. The second-order valence-electron chi connectivity index (χ2n) is 5.77. The number of aliphatic hydroxyl groups is 1. The van der Waals surface area contributed by atoms with E-state index in [2.05, 4.69) is 4.98 Å². The van der Waals surface area contributed by atoms with E-state index in [1.165, 1.54) is 11.3 Å². The molecule has 4 nitrogen and oxygen atoms in total. The van der Waals surface area contributed by atoms with Gasteiger partial charge in [-0.3, -0.25) is 4.79 Å². The fourth-order valence-electron chi connectivity index (χ4n) is 2.95. The number of aliphatic hydroxyl groups excluding tert-OH is 1. The zero-order valence-electron chi connectivity index (χ0n) is 13.2. The molecule has 0 bridgehead atoms. The molecule has 2 aromatic carbocycles. The molecule has 4 aromatic rings. The predicted molar refractivity (Wildman–Crippen MR) is 101 cm³/mol. The van der Waals surface area contributed by atoms with Gasteiger partial charge in [-0.2, -0.15) is 0 Å². The van der Waals surface area contributed by atoms with Gasteiger partial charge >= 0.3 is 0 Å². The van der Waals surface area contributed by atoms with E-state index in [1.807, 2.05) is 53.9 Å². The second kappa shape index (κ2) is 6.20. The van der Waals surface area contributed by atoms with Crippen molar-refractivity contribution in [1.82, 2.24) is 4.98 Å². The molecule has 0 aliphatic carbocycles. The van der Waals surface area contributed by atoms with Crippen LogP contribution in [0.1, 0.15) is 5.56 Å². The van der Waals surface area contributed by atoms with Gasteiger partial charge in [-0.1, -0.05) is 30.3 Å². The first-order chi connectivity index (χ1) is 12.2. The van der Waals surface area contributed by atoms with Gasteiger partial charge in [0.1, 0.15) is 5.75 Å². The van der Waals surface area contributed by atoms with Crippen LogP contribution in [-0.4, -0.2) is 15.2 Å². The number of aromatic hydroxyl groups is 1. The first-order valence-electron chi connectivity index (χ1n) is 7.80. The molecule has 0 aliphatic rings. The van der Waals surface area contributed by atoms with Gasteiger partial charge in [0.25, 0.3) is 5.56 Å². The summed E-state index contributed by atoms with van der Waals surface area (Å²) in [6, 6.07) is 16.8. The highest BCUT2D eigenvalue weighted by Crippen LogP contribution is 2.36. The predicted octanol–water partition coefficient (Wildman–Crippen LogP) is 4.12. The highest BCUT2D eigenvalue weighted by Gasteiger charge is 2.15. The number of fused-ring (bicyclic) bond motifs is 1. The van der Waals surface area contributed by atoms with Crippen molar-refractivity contribution in [2.75, 3.05) is 0 Å². The van der Waals surface area contributed by atoms with Crippen LogP contribution in [0.2, 0.25) is 0 Å². The first-order valence-corrected chi connectivity index (χ1v) is 8.68. The Morgan fingerprint density at radius 1 is 1.00 bits per heavy atom. The van der Waals surface area contributed by atoms with E-state index in [0.29, 0.717) is 16.5 Å². The van der Waals surface area contributed by atoms with E-state index >= 15 is 0 Å². The molecule has 0 aliphatic heterocycles. The smallest absolute Gasteiger partial charge is 0.260 e. The van der Waals surface area contributed by atoms with Crippen molar-refractivity contribution in [1.29, 1.82) is 0 Å². The van der Waals surface area contributed by atoms with Gasteiger partial charge < -0.3 is 15.2 Å². The van der Waals surface area contributed by atoms with Crippen LogP contribution in [0.5, 0.6) is 5.75 Å². The lowest BCUT2D eigenvalue weighted by Crippen LogP contribution is -2.08. The molecule has 0 amide bonds. The molecule has 0 atom stereocenters. The Balaban J connectivity index is 1.94. The summed E-state index contributed by atoms with van der Waals surface area (Å²) in [6.45, 7) is -0.0253. The summed E-state index contributed by atoms with van der Waals surface area (Å²) in [5.74, 6) is -0.0126. The van der Waals surface area contributed by atoms with Crippen LogP contribution >= 0.6 is 11.3 Å². The van der Waals surface area contributed by atoms with Gasteiger partial charge in [-0.15, -0.1) is 11.3 Å². The molecular weight excluding hydrogens is 334 g/mol. The topological polar surface area (TPSA) is 73.3 Å². The third-order valence-corrected chi connectivity index (χ3v) is 5.08. The van der Waals surface area contributed by atoms with E-state index < -0.39 is 0 Å². The zero-order valence-corrected chi connectivity index (χ0v) is 14.0. The van der Waals surface area contributed by atoms with E-state index in [0.717, 1.165) is 21.6 Å². The van der Waals surface area contributed by atoms with E-state index in [-0.39, 0.29) is 17.9 Å². The van der Waals surface area contributed by atoms with Crippen molar-refractivity contribution >= 4 is 22.2 Å². The van der Waals surface area contributed by atoms with Gasteiger partial charge in [-0.05, 0) is 46.3 Å². The molecule has 0 fully saturated rings. The molecule has 2 heterocycles. The largest absolute Gasteiger partial charge is 0.506 e. The number of hydrogen-bond acceptors (Lipinski definition) is 4. The van der Waals surface area contributed by atoms with Crippen LogP contribution in [0.3, 0.4) is 0 Å². The van der Waals surface area contributed by atoms with Crippen molar-refractivity contribution in [3.63, 3.8) is 0 Å². The van der Waals surface area contributed by atoms with Crippen LogP contribution in [0.15, 0.2) is 64.8 Å². The number of H-pyrrole nitrogens is 1. The van der Waals surface area contributed by atoms with Crippen molar-refractivity contribution < 1.29 is 10.2 Å². The van der Waals surface area contributed by atoms with Gasteiger partial charge in [-0.25, -0.2) is 0 Å². The molecule has 0 unspecified atom stereocenters. The standard InChI is InChI=1S/C20H15NO3S/c22-11-12-3-1-4-13(9-12)14-6-7-16-15(10-14)19(23)18(20(24)21-16)17-5-2-8-25-17/h1-10,22H,11H2,(H2,21,23,24).